The topological polar surface area (TPSA) is 132 Å². The van der Waals surface area contributed by atoms with Gasteiger partial charge in [0.2, 0.25) is 17.7 Å². The quantitative estimate of drug-likeness (QED) is 0.343. The van der Waals surface area contributed by atoms with Crippen molar-refractivity contribution in [2.45, 2.75) is 51.1 Å². The molecule has 0 saturated carbocycles. The molecule has 1 aromatic rings. The largest absolute Gasteiger partial charge is 0.370 e. The van der Waals surface area contributed by atoms with Crippen LogP contribution in [0.3, 0.4) is 0 Å². The van der Waals surface area contributed by atoms with Crippen LogP contribution in [0.4, 0.5) is 0 Å². The smallest absolute Gasteiger partial charge is 0.246 e. The summed E-state index contributed by atoms with van der Waals surface area (Å²) < 4.78 is 0. The van der Waals surface area contributed by atoms with Crippen molar-refractivity contribution in [2.75, 3.05) is 26.2 Å². The van der Waals surface area contributed by atoms with E-state index in [0.29, 0.717) is 26.1 Å². The van der Waals surface area contributed by atoms with Crippen molar-refractivity contribution in [2.24, 2.45) is 11.7 Å². The van der Waals surface area contributed by atoms with Crippen LogP contribution < -0.4 is 16.4 Å². The molecule has 9 heteroatoms. The zero-order valence-electron chi connectivity index (χ0n) is 18.7. The predicted molar refractivity (Wildman–Crippen MR) is 122 cm³/mol. The van der Waals surface area contributed by atoms with Gasteiger partial charge in [0.25, 0.3) is 0 Å². The first-order chi connectivity index (χ1) is 15.4. The van der Waals surface area contributed by atoms with E-state index in [4.69, 9.17) is 11.1 Å². The monoisotopic (exact) mass is 442 g/mol. The number of likely N-dealkylation sites (tertiary alicyclic amines) is 1. The fraction of sp³-hybridized carbons (Fsp3) is 0.565. The first-order valence-electron chi connectivity index (χ1n) is 11.4. The molecule has 1 aromatic carbocycles. The average Bonchev–Trinajstić information content (AvgIpc) is 2.79. The van der Waals surface area contributed by atoms with Gasteiger partial charge < -0.3 is 26.2 Å². The summed E-state index contributed by atoms with van der Waals surface area (Å²) in [6.45, 7) is 4.31. The summed E-state index contributed by atoms with van der Waals surface area (Å²) in [5.74, 6) is -0.425. The SMILES string of the molecule is CCCN1C(=O)[C@H](CC(=O)NC[C@@H]2CCCN(C(=N)N)C2)NC(=O)[C@@H]1Cc1ccccc1. The Labute approximate surface area is 189 Å². The van der Waals surface area contributed by atoms with E-state index in [2.05, 4.69) is 10.6 Å². The van der Waals surface area contributed by atoms with Gasteiger partial charge in [0.1, 0.15) is 12.1 Å². The van der Waals surface area contributed by atoms with Crippen molar-refractivity contribution in [3.63, 3.8) is 0 Å². The molecule has 0 bridgehead atoms. The van der Waals surface area contributed by atoms with Crippen LogP contribution in [0.25, 0.3) is 0 Å². The van der Waals surface area contributed by atoms with E-state index in [0.717, 1.165) is 31.4 Å². The van der Waals surface area contributed by atoms with Crippen molar-refractivity contribution >= 4 is 23.7 Å². The molecule has 2 fully saturated rings. The molecule has 5 N–H and O–H groups in total. The van der Waals surface area contributed by atoms with Crippen LogP contribution in [0.5, 0.6) is 0 Å². The molecule has 2 saturated heterocycles. The average molecular weight is 443 g/mol. The molecular formula is C23H34N6O3. The summed E-state index contributed by atoms with van der Waals surface area (Å²) in [5.41, 5.74) is 6.56. The normalized spacial score (nSPS) is 23.6. The number of nitrogens with zero attached hydrogens (tertiary/aromatic N) is 2. The maximum absolute atomic E-state index is 13.1. The number of guanidine groups is 1. The Hall–Kier alpha value is -3.10. The predicted octanol–water partition coefficient (Wildman–Crippen LogP) is 0.446. The van der Waals surface area contributed by atoms with Crippen molar-refractivity contribution in [1.29, 1.82) is 5.41 Å². The van der Waals surface area contributed by atoms with Gasteiger partial charge in [-0.05, 0) is 30.7 Å². The highest BCUT2D eigenvalue weighted by atomic mass is 16.2. The van der Waals surface area contributed by atoms with Gasteiger partial charge in [-0.2, -0.15) is 0 Å². The van der Waals surface area contributed by atoms with Gasteiger partial charge >= 0.3 is 0 Å². The molecule has 0 aromatic heterocycles. The van der Waals surface area contributed by atoms with Crippen LogP contribution in [-0.4, -0.2) is 71.7 Å². The minimum Gasteiger partial charge on any atom is -0.370 e. The molecule has 3 amide bonds. The molecular weight excluding hydrogens is 408 g/mol. The zero-order chi connectivity index (χ0) is 23.1. The Morgan fingerprint density at radius 3 is 2.72 bits per heavy atom. The van der Waals surface area contributed by atoms with E-state index in [-0.39, 0.29) is 36.0 Å². The second-order valence-electron chi connectivity index (χ2n) is 8.65. The lowest BCUT2D eigenvalue weighted by atomic mass is 9.97. The number of piperidine rings is 1. The minimum atomic E-state index is -0.846. The summed E-state index contributed by atoms with van der Waals surface area (Å²) in [4.78, 5) is 41.9. The number of benzene rings is 1. The van der Waals surface area contributed by atoms with Crippen molar-refractivity contribution in [3.8, 4) is 0 Å². The molecule has 0 aliphatic carbocycles. The second-order valence-corrected chi connectivity index (χ2v) is 8.65. The van der Waals surface area contributed by atoms with Gasteiger partial charge in [0, 0.05) is 32.6 Å². The molecule has 9 nitrogen and oxygen atoms in total. The zero-order valence-corrected chi connectivity index (χ0v) is 18.7. The maximum atomic E-state index is 13.1. The molecule has 2 aliphatic heterocycles. The number of rotatable bonds is 8. The molecule has 2 heterocycles. The van der Waals surface area contributed by atoms with E-state index in [1.807, 2.05) is 37.3 Å². The Morgan fingerprint density at radius 1 is 1.28 bits per heavy atom. The lowest BCUT2D eigenvalue weighted by Gasteiger charge is -2.39. The van der Waals surface area contributed by atoms with Crippen LogP contribution in [0.15, 0.2) is 30.3 Å². The fourth-order valence-electron chi connectivity index (χ4n) is 4.48. The van der Waals surface area contributed by atoms with Gasteiger partial charge in [-0.15, -0.1) is 0 Å². The van der Waals surface area contributed by atoms with Crippen molar-refractivity contribution < 1.29 is 14.4 Å². The van der Waals surface area contributed by atoms with Gasteiger partial charge in [0.15, 0.2) is 5.96 Å². The third-order valence-electron chi connectivity index (χ3n) is 6.15. The number of nitrogens with two attached hydrogens (primary N) is 1. The van der Waals surface area contributed by atoms with E-state index in [1.165, 1.54) is 0 Å². The summed E-state index contributed by atoms with van der Waals surface area (Å²) in [5, 5.41) is 13.2. The van der Waals surface area contributed by atoms with Gasteiger partial charge in [0.05, 0.1) is 6.42 Å². The number of carbonyl (C=O) groups is 3. The molecule has 0 unspecified atom stereocenters. The van der Waals surface area contributed by atoms with Crippen LogP contribution in [-0.2, 0) is 20.8 Å². The third kappa shape index (κ3) is 5.99. The summed E-state index contributed by atoms with van der Waals surface area (Å²) in [6, 6.07) is 8.22. The van der Waals surface area contributed by atoms with E-state index in [1.54, 1.807) is 9.80 Å². The van der Waals surface area contributed by atoms with Gasteiger partial charge in [-0.25, -0.2) is 0 Å². The second kappa shape index (κ2) is 11.0. The first kappa shape index (κ1) is 23.6. The van der Waals surface area contributed by atoms with E-state index in [9.17, 15) is 14.4 Å². The highest BCUT2D eigenvalue weighted by molar-refractivity contribution is 5.99. The minimum absolute atomic E-state index is 0.0533. The van der Waals surface area contributed by atoms with Crippen LogP contribution >= 0.6 is 0 Å². The first-order valence-corrected chi connectivity index (χ1v) is 11.4. The lowest BCUT2D eigenvalue weighted by molar-refractivity contribution is -0.150. The molecule has 2 aliphatic rings. The molecule has 3 atom stereocenters. The number of carbonyl (C=O) groups excluding carboxylic acids is 3. The summed E-state index contributed by atoms with van der Waals surface area (Å²) in [7, 11) is 0. The highest BCUT2D eigenvalue weighted by Gasteiger charge is 2.40. The molecule has 3 rings (SSSR count). The van der Waals surface area contributed by atoms with E-state index < -0.39 is 12.1 Å². The van der Waals surface area contributed by atoms with Crippen molar-refractivity contribution in [3.05, 3.63) is 35.9 Å². The van der Waals surface area contributed by atoms with Crippen molar-refractivity contribution in [1.82, 2.24) is 20.4 Å². The Bertz CT molecular complexity index is 830. The summed E-state index contributed by atoms with van der Waals surface area (Å²) >= 11 is 0. The number of hydrogen-bond donors (Lipinski definition) is 4. The third-order valence-corrected chi connectivity index (χ3v) is 6.15. The van der Waals surface area contributed by atoms with E-state index >= 15 is 0 Å². The number of hydrogen-bond acceptors (Lipinski definition) is 4. The van der Waals surface area contributed by atoms with Gasteiger partial charge in [-0.3, -0.25) is 19.8 Å². The van der Waals surface area contributed by atoms with Crippen LogP contribution in [0.2, 0.25) is 0 Å². The van der Waals surface area contributed by atoms with Gasteiger partial charge in [-0.1, -0.05) is 37.3 Å². The fourth-order valence-corrected chi connectivity index (χ4v) is 4.48. The Morgan fingerprint density at radius 2 is 2.03 bits per heavy atom. The highest BCUT2D eigenvalue weighted by Crippen LogP contribution is 2.18. The Balaban J connectivity index is 1.56. The maximum Gasteiger partial charge on any atom is 0.246 e. The number of piperazine rings is 1. The molecule has 0 spiro atoms. The molecule has 174 valence electrons. The standard InChI is InChI=1S/C23H34N6O3/c1-2-10-29-19(12-16-7-4-3-5-8-16)21(31)27-18(22(29)32)13-20(30)26-14-17-9-6-11-28(15-17)23(24)25/h3-5,7-8,17-19H,2,6,9-15H2,1H3,(H3,24,25)(H,26,30)(H,27,31)/t17-,18-,19-/m0/s1. The summed E-state index contributed by atoms with van der Waals surface area (Å²) in [6.07, 6.45) is 2.98. The molecule has 0 radical (unpaired) electrons. The molecule has 32 heavy (non-hydrogen) atoms. The Kier molecular flexibility index (Phi) is 8.08. The number of nitrogens with one attached hydrogen (secondary N) is 3. The lowest BCUT2D eigenvalue weighted by Crippen LogP contribution is -2.64. The number of amides is 3. The van der Waals surface area contributed by atoms with Crippen LogP contribution in [0, 0.1) is 11.3 Å². The van der Waals surface area contributed by atoms with Crippen LogP contribution in [0.1, 0.15) is 38.2 Å².